The van der Waals surface area contributed by atoms with E-state index in [4.69, 9.17) is 9.47 Å². The van der Waals surface area contributed by atoms with Crippen LogP contribution in [0.15, 0.2) is 24.3 Å². The first-order chi connectivity index (χ1) is 15.0. The number of hydrogen-bond donors (Lipinski definition) is 0. The summed E-state index contributed by atoms with van der Waals surface area (Å²) in [5.74, 6) is -0.0346. The van der Waals surface area contributed by atoms with E-state index in [0.717, 1.165) is 19.5 Å². The van der Waals surface area contributed by atoms with Gasteiger partial charge in [0, 0.05) is 44.7 Å². The van der Waals surface area contributed by atoms with Crippen molar-refractivity contribution in [2.45, 2.75) is 57.2 Å². The number of hydrogen-bond acceptors (Lipinski definition) is 5. The van der Waals surface area contributed by atoms with Gasteiger partial charge in [0.2, 0.25) is 5.91 Å². The van der Waals surface area contributed by atoms with Crippen molar-refractivity contribution in [2.24, 2.45) is 0 Å². The Bertz CT molecular complexity index is 788. The van der Waals surface area contributed by atoms with E-state index in [-0.39, 0.29) is 24.9 Å². The number of likely N-dealkylation sites (tertiary alicyclic amines) is 1. The fourth-order valence-electron chi connectivity index (χ4n) is 4.74. The van der Waals surface area contributed by atoms with Crippen molar-refractivity contribution in [3.05, 3.63) is 30.1 Å². The summed E-state index contributed by atoms with van der Waals surface area (Å²) in [5.41, 5.74) is 0. The van der Waals surface area contributed by atoms with E-state index < -0.39 is 18.2 Å². The number of rotatable bonds is 5. The lowest BCUT2D eigenvalue weighted by Crippen LogP contribution is -2.49. The summed E-state index contributed by atoms with van der Waals surface area (Å²) in [6, 6.07) is 5.97. The van der Waals surface area contributed by atoms with Crippen LogP contribution >= 0.6 is 0 Å². The summed E-state index contributed by atoms with van der Waals surface area (Å²) in [6.07, 6.45) is 4.23. The van der Waals surface area contributed by atoms with Crippen molar-refractivity contribution < 1.29 is 23.5 Å². The molecule has 0 spiro atoms. The molecule has 3 aliphatic rings. The molecule has 0 unspecified atom stereocenters. The van der Waals surface area contributed by atoms with Gasteiger partial charge < -0.3 is 14.4 Å². The van der Waals surface area contributed by atoms with Gasteiger partial charge in [-0.1, -0.05) is 12.5 Å². The van der Waals surface area contributed by atoms with E-state index in [1.165, 1.54) is 36.3 Å². The minimum atomic E-state index is -0.618. The van der Waals surface area contributed by atoms with Crippen molar-refractivity contribution in [1.82, 2.24) is 14.7 Å². The Labute approximate surface area is 183 Å². The van der Waals surface area contributed by atoms with Crippen LogP contribution < -0.4 is 4.74 Å². The number of benzene rings is 1. The maximum absolute atomic E-state index is 13.5. The molecule has 0 aromatic heterocycles. The zero-order valence-corrected chi connectivity index (χ0v) is 18.2. The van der Waals surface area contributed by atoms with Crippen LogP contribution in [-0.2, 0) is 9.53 Å². The van der Waals surface area contributed by atoms with Gasteiger partial charge >= 0.3 is 6.09 Å². The first kappa shape index (κ1) is 21.9. The average molecular weight is 434 g/mol. The summed E-state index contributed by atoms with van der Waals surface area (Å²) in [5, 5.41) is 0. The highest BCUT2D eigenvalue weighted by Crippen LogP contribution is 2.28. The van der Waals surface area contributed by atoms with Crippen LogP contribution in [0, 0.1) is 5.82 Å². The summed E-state index contributed by atoms with van der Waals surface area (Å²) in [7, 11) is 0. The second kappa shape index (κ2) is 9.85. The van der Waals surface area contributed by atoms with Crippen LogP contribution in [0.5, 0.6) is 5.75 Å². The molecule has 7 nitrogen and oxygen atoms in total. The van der Waals surface area contributed by atoms with E-state index in [0.29, 0.717) is 31.3 Å². The van der Waals surface area contributed by atoms with Crippen LogP contribution in [0.1, 0.15) is 39.0 Å². The zero-order valence-electron chi connectivity index (χ0n) is 18.2. The predicted octanol–water partition coefficient (Wildman–Crippen LogP) is 2.89. The summed E-state index contributed by atoms with van der Waals surface area (Å²) in [4.78, 5) is 31.9. The molecule has 2 saturated heterocycles. The first-order valence-corrected chi connectivity index (χ1v) is 11.4. The number of nitrogens with zero attached hydrogens (tertiary/aromatic N) is 3. The molecule has 8 heteroatoms. The Morgan fingerprint density at radius 1 is 1.13 bits per heavy atom. The highest BCUT2D eigenvalue weighted by atomic mass is 19.1. The minimum absolute atomic E-state index is 0.0474. The van der Waals surface area contributed by atoms with Crippen LogP contribution in [0.25, 0.3) is 0 Å². The van der Waals surface area contributed by atoms with Crippen LogP contribution in [-0.4, -0.2) is 84.2 Å². The second-order valence-electron chi connectivity index (χ2n) is 8.60. The van der Waals surface area contributed by atoms with E-state index >= 15 is 0 Å². The molecular formula is C23H32FN3O4. The number of carbonyl (C=O) groups excluding carboxylic acids is 2. The summed E-state index contributed by atoms with van der Waals surface area (Å²) >= 11 is 0. The normalized spacial score (nSPS) is 25.1. The smallest absolute Gasteiger partial charge is 0.410 e. The SMILES string of the molecule is CCOC(=O)N1C[C@@H](Oc2cccc(F)c2)C[C@@H]1C(=O)N1CCCN(C2CCC2)CC1. The molecule has 31 heavy (non-hydrogen) atoms. The zero-order chi connectivity index (χ0) is 21.8. The number of halogens is 1. The Hall–Kier alpha value is -2.35. The minimum Gasteiger partial charge on any atom is -0.488 e. The summed E-state index contributed by atoms with van der Waals surface area (Å²) in [6.45, 7) is 5.51. The lowest BCUT2D eigenvalue weighted by molar-refractivity contribution is -0.135. The van der Waals surface area contributed by atoms with Gasteiger partial charge in [-0.3, -0.25) is 14.6 Å². The van der Waals surface area contributed by atoms with Gasteiger partial charge in [0.05, 0.1) is 13.2 Å². The molecule has 2 amide bonds. The van der Waals surface area contributed by atoms with E-state index in [1.807, 2.05) is 4.90 Å². The van der Waals surface area contributed by atoms with Crippen LogP contribution in [0.3, 0.4) is 0 Å². The van der Waals surface area contributed by atoms with Crippen molar-refractivity contribution in [3.63, 3.8) is 0 Å². The third-order valence-corrected chi connectivity index (χ3v) is 6.58. The average Bonchev–Trinajstić information content (AvgIpc) is 2.97. The van der Waals surface area contributed by atoms with Crippen LogP contribution in [0.2, 0.25) is 0 Å². The number of amides is 2. The van der Waals surface area contributed by atoms with E-state index in [9.17, 15) is 14.0 Å². The molecule has 3 fully saturated rings. The molecule has 0 bridgehead atoms. The fraction of sp³-hybridized carbons (Fsp3) is 0.652. The lowest BCUT2D eigenvalue weighted by Gasteiger charge is -2.36. The fourth-order valence-corrected chi connectivity index (χ4v) is 4.74. The van der Waals surface area contributed by atoms with Crippen molar-refractivity contribution >= 4 is 12.0 Å². The van der Waals surface area contributed by atoms with Crippen LogP contribution in [0.4, 0.5) is 9.18 Å². The molecule has 1 aromatic rings. The molecule has 0 radical (unpaired) electrons. The maximum Gasteiger partial charge on any atom is 0.410 e. The largest absolute Gasteiger partial charge is 0.488 e. The van der Waals surface area contributed by atoms with Gasteiger partial charge in [-0.2, -0.15) is 0 Å². The second-order valence-corrected chi connectivity index (χ2v) is 8.60. The lowest BCUT2D eigenvalue weighted by atomic mass is 9.91. The Morgan fingerprint density at radius 3 is 2.68 bits per heavy atom. The van der Waals surface area contributed by atoms with E-state index in [1.54, 1.807) is 19.1 Å². The van der Waals surface area contributed by atoms with Crippen molar-refractivity contribution in [1.29, 1.82) is 0 Å². The third kappa shape index (κ3) is 5.11. The topological polar surface area (TPSA) is 62.3 Å². The molecule has 1 aliphatic carbocycles. The molecule has 2 heterocycles. The highest BCUT2D eigenvalue weighted by Gasteiger charge is 2.43. The molecular weight excluding hydrogens is 401 g/mol. The predicted molar refractivity (Wildman–Crippen MR) is 113 cm³/mol. The molecule has 2 atom stereocenters. The Balaban J connectivity index is 1.43. The molecule has 0 N–H and O–H groups in total. The Kier molecular flexibility index (Phi) is 6.95. The molecule has 2 aliphatic heterocycles. The van der Waals surface area contributed by atoms with Crippen molar-refractivity contribution in [2.75, 3.05) is 39.3 Å². The highest BCUT2D eigenvalue weighted by molar-refractivity contribution is 5.86. The number of ether oxygens (including phenoxy) is 2. The van der Waals surface area contributed by atoms with Gasteiger partial charge in [-0.05, 0) is 38.3 Å². The van der Waals surface area contributed by atoms with Gasteiger partial charge in [0.25, 0.3) is 0 Å². The van der Waals surface area contributed by atoms with Gasteiger partial charge in [0.15, 0.2) is 0 Å². The van der Waals surface area contributed by atoms with Gasteiger partial charge in [-0.25, -0.2) is 9.18 Å². The molecule has 1 aromatic carbocycles. The molecule has 1 saturated carbocycles. The number of carbonyl (C=O) groups is 2. The van der Waals surface area contributed by atoms with Crippen molar-refractivity contribution in [3.8, 4) is 5.75 Å². The van der Waals surface area contributed by atoms with Gasteiger partial charge in [0.1, 0.15) is 23.7 Å². The van der Waals surface area contributed by atoms with E-state index in [2.05, 4.69) is 4.90 Å². The monoisotopic (exact) mass is 433 g/mol. The third-order valence-electron chi connectivity index (χ3n) is 6.58. The first-order valence-electron chi connectivity index (χ1n) is 11.4. The quantitative estimate of drug-likeness (QED) is 0.715. The molecule has 170 valence electrons. The summed E-state index contributed by atoms with van der Waals surface area (Å²) < 4.78 is 24.6. The van der Waals surface area contributed by atoms with Gasteiger partial charge in [-0.15, -0.1) is 0 Å². The maximum atomic E-state index is 13.5. The molecule has 4 rings (SSSR count). The Morgan fingerprint density at radius 2 is 1.97 bits per heavy atom. The standard InChI is InChI=1S/C23H32FN3O4/c1-2-30-23(29)27-16-20(31-19-9-3-6-17(24)14-19)15-21(27)22(28)26-11-5-10-25(12-13-26)18-7-4-8-18/h3,6,9,14,18,20-21H,2,4-5,7-8,10-13,15-16H2,1H3/t20-,21+/m0/s1.